The number of pyridine rings is 1. The molecule has 1 aliphatic heterocycles. The fraction of sp³-hybridized carbons (Fsp3) is 0.400. The molecule has 2 fully saturated rings. The van der Waals surface area contributed by atoms with Crippen LogP contribution in [0.4, 0.5) is 5.69 Å². The molecule has 0 spiro atoms. The minimum absolute atomic E-state index is 0.354. The van der Waals surface area contributed by atoms with Gasteiger partial charge in [0.15, 0.2) is 0 Å². The molecule has 5 rings (SSSR count). The van der Waals surface area contributed by atoms with Crippen molar-refractivity contribution in [1.82, 2.24) is 4.98 Å². The van der Waals surface area contributed by atoms with E-state index in [-0.39, 0.29) is 0 Å². The van der Waals surface area contributed by atoms with Gasteiger partial charge in [-0.15, -0.1) is 0 Å². The van der Waals surface area contributed by atoms with Gasteiger partial charge in [-0.3, -0.25) is 4.98 Å². The first kappa shape index (κ1) is 18.4. The monoisotopic (exact) mass is 388 g/mol. The van der Waals surface area contributed by atoms with Crippen molar-refractivity contribution in [2.75, 3.05) is 24.6 Å². The van der Waals surface area contributed by atoms with E-state index in [2.05, 4.69) is 48.2 Å². The van der Waals surface area contributed by atoms with Crippen LogP contribution >= 0.6 is 0 Å². The molecule has 4 heteroatoms. The van der Waals surface area contributed by atoms with Crippen molar-refractivity contribution in [3.63, 3.8) is 0 Å². The van der Waals surface area contributed by atoms with Gasteiger partial charge in [0.2, 0.25) is 0 Å². The Labute approximate surface area is 172 Å². The largest absolute Gasteiger partial charge is 0.489 e. The van der Waals surface area contributed by atoms with E-state index in [9.17, 15) is 0 Å². The molecular formula is C25H28N2O2. The predicted molar refractivity (Wildman–Crippen MR) is 117 cm³/mol. The highest BCUT2D eigenvalue weighted by Gasteiger charge is 2.28. The second-order valence-electron chi connectivity index (χ2n) is 8.37. The Morgan fingerprint density at radius 2 is 1.90 bits per heavy atom. The zero-order valence-electron chi connectivity index (χ0n) is 17.0. The van der Waals surface area contributed by atoms with Crippen LogP contribution in [-0.2, 0) is 11.3 Å². The predicted octanol–water partition coefficient (Wildman–Crippen LogP) is 5.13. The summed E-state index contributed by atoms with van der Waals surface area (Å²) in [6.07, 6.45) is 4.15. The maximum absolute atomic E-state index is 6.14. The SMILES string of the molecule is Cc1cc(N2CC[C@H](OCC3CC3)C2)c2ccc(OCc3ccccc3)cc2n1. The van der Waals surface area contributed by atoms with Crippen molar-refractivity contribution in [3.8, 4) is 5.75 Å². The lowest BCUT2D eigenvalue weighted by molar-refractivity contribution is 0.0605. The minimum Gasteiger partial charge on any atom is -0.489 e. The number of aryl methyl sites for hydroxylation is 1. The van der Waals surface area contributed by atoms with Crippen LogP contribution < -0.4 is 9.64 Å². The first-order chi connectivity index (χ1) is 14.2. The van der Waals surface area contributed by atoms with Crippen molar-refractivity contribution in [2.24, 2.45) is 5.92 Å². The van der Waals surface area contributed by atoms with E-state index < -0.39 is 0 Å². The van der Waals surface area contributed by atoms with E-state index in [1.807, 2.05) is 18.2 Å². The third-order valence-electron chi connectivity index (χ3n) is 5.89. The molecule has 0 unspecified atom stereocenters. The van der Waals surface area contributed by atoms with Gasteiger partial charge in [-0.05, 0) is 55.9 Å². The fourth-order valence-corrected chi connectivity index (χ4v) is 4.05. The summed E-state index contributed by atoms with van der Waals surface area (Å²) in [6.45, 7) is 5.59. The van der Waals surface area contributed by atoms with Crippen LogP contribution in [0.25, 0.3) is 10.9 Å². The van der Waals surface area contributed by atoms with Gasteiger partial charge < -0.3 is 14.4 Å². The molecule has 1 saturated heterocycles. The number of fused-ring (bicyclic) bond motifs is 1. The van der Waals surface area contributed by atoms with Crippen molar-refractivity contribution in [2.45, 2.75) is 38.9 Å². The highest BCUT2D eigenvalue weighted by molar-refractivity contribution is 5.93. The molecule has 150 valence electrons. The van der Waals surface area contributed by atoms with Crippen molar-refractivity contribution < 1.29 is 9.47 Å². The van der Waals surface area contributed by atoms with E-state index in [1.165, 1.54) is 29.5 Å². The number of aromatic nitrogens is 1. The molecule has 0 N–H and O–H groups in total. The quantitative estimate of drug-likeness (QED) is 0.562. The van der Waals surface area contributed by atoms with E-state index in [0.717, 1.165) is 49.0 Å². The summed E-state index contributed by atoms with van der Waals surface area (Å²) in [5.74, 6) is 1.68. The topological polar surface area (TPSA) is 34.6 Å². The summed E-state index contributed by atoms with van der Waals surface area (Å²) >= 11 is 0. The lowest BCUT2D eigenvalue weighted by Crippen LogP contribution is -2.23. The summed E-state index contributed by atoms with van der Waals surface area (Å²) in [5.41, 5.74) is 4.46. The number of anilines is 1. The van der Waals surface area contributed by atoms with Gasteiger partial charge in [0, 0.05) is 42.5 Å². The van der Waals surface area contributed by atoms with Gasteiger partial charge in [0.05, 0.1) is 11.6 Å². The summed E-state index contributed by atoms with van der Waals surface area (Å²) in [7, 11) is 0. The Balaban J connectivity index is 1.33. The molecule has 2 aromatic carbocycles. The molecule has 2 heterocycles. The van der Waals surface area contributed by atoms with Crippen LogP contribution in [0.15, 0.2) is 54.6 Å². The molecule has 3 aromatic rings. The average Bonchev–Trinajstić information content (AvgIpc) is 3.46. The highest BCUT2D eigenvalue weighted by Crippen LogP contribution is 2.33. The first-order valence-electron chi connectivity index (χ1n) is 10.7. The molecule has 0 radical (unpaired) electrons. The van der Waals surface area contributed by atoms with Gasteiger partial charge in [-0.1, -0.05) is 30.3 Å². The molecule has 1 aromatic heterocycles. The lowest BCUT2D eigenvalue weighted by atomic mass is 10.1. The van der Waals surface area contributed by atoms with Crippen LogP contribution in [0.3, 0.4) is 0 Å². The van der Waals surface area contributed by atoms with Gasteiger partial charge in [-0.2, -0.15) is 0 Å². The zero-order valence-corrected chi connectivity index (χ0v) is 17.0. The van der Waals surface area contributed by atoms with E-state index in [1.54, 1.807) is 0 Å². The molecule has 1 aliphatic carbocycles. The number of benzene rings is 2. The Morgan fingerprint density at radius 1 is 1.03 bits per heavy atom. The zero-order chi connectivity index (χ0) is 19.6. The molecule has 1 atom stereocenters. The Hall–Kier alpha value is -2.59. The minimum atomic E-state index is 0.354. The number of hydrogen-bond acceptors (Lipinski definition) is 4. The third kappa shape index (κ3) is 4.38. The first-order valence-corrected chi connectivity index (χ1v) is 10.7. The van der Waals surface area contributed by atoms with Crippen LogP contribution in [0.5, 0.6) is 5.75 Å². The lowest BCUT2D eigenvalue weighted by Gasteiger charge is -2.21. The summed E-state index contributed by atoms with van der Waals surface area (Å²) in [4.78, 5) is 7.23. The van der Waals surface area contributed by atoms with E-state index >= 15 is 0 Å². The van der Waals surface area contributed by atoms with Crippen LogP contribution in [0, 0.1) is 12.8 Å². The Bertz CT molecular complexity index is 985. The second-order valence-corrected chi connectivity index (χ2v) is 8.37. The van der Waals surface area contributed by atoms with Gasteiger partial charge >= 0.3 is 0 Å². The summed E-state index contributed by atoms with van der Waals surface area (Å²) in [6, 6.07) is 18.7. The van der Waals surface area contributed by atoms with Crippen LogP contribution in [0.2, 0.25) is 0 Å². The second kappa shape index (κ2) is 8.03. The summed E-state index contributed by atoms with van der Waals surface area (Å²) < 4.78 is 12.1. The molecule has 0 bridgehead atoms. The molecule has 0 amide bonds. The maximum atomic E-state index is 6.14. The normalized spacial score (nSPS) is 19.1. The highest BCUT2D eigenvalue weighted by atomic mass is 16.5. The molecule has 4 nitrogen and oxygen atoms in total. The van der Waals surface area contributed by atoms with Gasteiger partial charge in [0.1, 0.15) is 12.4 Å². The van der Waals surface area contributed by atoms with Crippen molar-refractivity contribution >= 4 is 16.6 Å². The number of ether oxygens (including phenoxy) is 2. The Kier molecular flexibility index (Phi) is 5.11. The smallest absolute Gasteiger partial charge is 0.122 e. The molecular weight excluding hydrogens is 360 g/mol. The molecule has 1 saturated carbocycles. The third-order valence-corrected chi connectivity index (χ3v) is 5.89. The Morgan fingerprint density at radius 3 is 2.72 bits per heavy atom. The van der Waals surface area contributed by atoms with Crippen molar-refractivity contribution in [3.05, 3.63) is 65.9 Å². The van der Waals surface area contributed by atoms with E-state index in [4.69, 9.17) is 14.5 Å². The molecule has 29 heavy (non-hydrogen) atoms. The standard InChI is InChI=1S/C25H28N2O2/c1-18-13-25(27-12-11-22(15-27)29-17-20-7-8-20)23-10-9-21(14-24(23)26-18)28-16-19-5-3-2-4-6-19/h2-6,9-10,13-14,20,22H,7-8,11-12,15-17H2,1H3/t22-/m0/s1. The van der Waals surface area contributed by atoms with Crippen LogP contribution in [0.1, 0.15) is 30.5 Å². The van der Waals surface area contributed by atoms with Gasteiger partial charge in [0.25, 0.3) is 0 Å². The molecule has 2 aliphatic rings. The number of nitrogens with zero attached hydrogens (tertiary/aromatic N) is 2. The number of rotatable bonds is 7. The van der Waals surface area contributed by atoms with E-state index in [0.29, 0.717) is 12.7 Å². The van der Waals surface area contributed by atoms with Gasteiger partial charge in [-0.25, -0.2) is 0 Å². The average molecular weight is 389 g/mol. The maximum Gasteiger partial charge on any atom is 0.122 e. The number of hydrogen-bond donors (Lipinski definition) is 0. The van der Waals surface area contributed by atoms with Crippen LogP contribution in [-0.4, -0.2) is 30.8 Å². The fourth-order valence-electron chi connectivity index (χ4n) is 4.05. The summed E-state index contributed by atoms with van der Waals surface area (Å²) in [5, 5.41) is 1.19. The van der Waals surface area contributed by atoms with Crippen molar-refractivity contribution in [1.29, 1.82) is 0 Å².